The van der Waals surface area contributed by atoms with Gasteiger partial charge in [-0.25, -0.2) is 23.0 Å². The number of carbonyl (C=O) groups excluding carboxylic acids is 1. The molecule has 0 atom stereocenters. The van der Waals surface area contributed by atoms with Crippen LogP contribution in [0.3, 0.4) is 0 Å². The van der Waals surface area contributed by atoms with E-state index in [4.69, 9.17) is 16.7 Å². The minimum absolute atomic E-state index is 0.156. The molecule has 1 heterocycles. The number of aromatic nitrogens is 1. The summed E-state index contributed by atoms with van der Waals surface area (Å²) >= 11 is 7.08. The molecule has 206 valence electrons. The Balaban J connectivity index is 1.49. The second-order valence-electron chi connectivity index (χ2n) is 8.07. The first-order valence-electron chi connectivity index (χ1n) is 11.1. The zero-order valence-corrected chi connectivity index (χ0v) is 22.5. The molecule has 4 aromatic rings. The van der Waals surface area contributed by atoms with Crippen molar-refractivity contribution >= 4 is 67.3 Å². The summed E-state index contributed by atoms with van der Waals surface area (Å²) in [4.78, 5) is 39.3. The van der Waals surface area contributed by atoms with Crippen LogP contribution in [0.2, 0.25) is 5.02 Å². The van der Waals surface area contributed by atoms with E-state index in [1.54, 1.807) is 29.6 Å². The molecule has 0 aliphatic heterocycles. The normalized spacial score (nSPS) is 11.0. The van der Waals surface area contributed by atoms with Crippen molar-refractivity contribution in [3.8, 4) is 17.0 Å². The van der Waals surface area contributed by atoms with Gasteiger partial charge in [-0.2, -0.15) is 0 Å². The number of thiazole rings is 1. The van der Waals surface area contributed by atoms with Crippen molar-refractivity contribution in [1.82, 2.24) is 4.98 Å². The maximum atomic E-state index is 13.0. The molecule has 0 radical (unpaired) electrons. The topological polar surface area (TPSA) is 195 Å². The third-order valence-corrected chi connectivity index (χ3v) is 7.77. The second kappa shape index (κ2) is 11.6. The first-order valence-corrected chi connectivity index (χ1v) is 13.9. The molecule has 3 aromatic carbocycles. The number of nitrogens with one attached hydrogen (secondary N) is 3. The maximum Gasteiger partial charge on any atom is 0.339 e. The fourth-order valence-electron chi connectivity index (χ4n) is 3.50. The summed E-state index contributed by atoms with van der Waals surface area (Å²) < 4.78 is 28.1. The number of aromatic carboxylic acids is 2. The minimum atomic E-state index is -4.58. The summed E-state index contributed by atoms with van der Waals surface area (Å²) in [7, 11) is -4.58. The minimum Gasteiger partial charge on any atom is -0.506 e. The van der Waals surface area contributed by atoms with Crippen molar-refractivity contribution in [1.29, 1.82) is 0 Å². The highest BCUT2D eigenvalue weighted by molar-refractivity contribution is 7.92. The van der Waals surface area contributed by atoms with Gasteiger partial charge in [0, 0.05) is 16.0 Å². The van der Waals surface area contributed by atoms with Crippen LogP contribution in [0.4, 0.5) is 16.5 Å². The maximum absolute atomic E-state index is 13.0. The van der Waals surface area contributed by atoms with E-state index in [9.17, 15) is 33.0 Å². The molecule has 0 saturated heterocycles. The highest BCUT2D eigenvalue weighted by Gasteiger charge is 2.26. The number of amides is 1. The van der Waals surface area contributed by atoms with Crippen molar-refractivity contribution < 1.29 is 38.1 Å². The van der Waals surface area contributed by atoms with Gasteiger partial charge in [-0.3, -0.25) is 9.52 Å². The average molecular weight is 603 g/mol. The van der Waals surface area contributed by atoms with Crippen LogP contribution >= 0.6 is 22.9 Å². The number of carbonyl (C=O) groups is 3. The number of aromatic hydroxyl groups is 1. The fraction of sp³-hybridized carbons (Fsp3) is 0.0400. The number of hydrogen-bond donors (Lipinski definition) is 6. The number of hydrogen-bond acceptors (Lipinski definition) is 9. The average Bonchev–Trinajstić information content (AvgIpc) is 3.36. The van der Waals surface area contributed by atoms with Crippen molar-refractivity contribution in [3.05, 3.63) is 82.2 Å². The van der Waals surface area contributed by atoms with Gasteiger partial charge in [-0.05, 0) is 42.5 Å². The summed E-state index contributed by atoms with van der Waals surface area (Å²) in [5.74, 6) is -4.17. The molecule has 0 aliphatic rings. The van der Waals surface area contributed by atoms with Gasteiger partial charge in [0.25, 0.3) is 10.0 Å². The molecule has 12 nitrogen and oxygen atoms in total. The van der Waals surface area contributed by atoms with Gasteiger partial charge in [0.2, 0.25) is 5.91 Å². The SMILES string of the molecule is O=C(CNc1cccc(S(=O)(=O)Nc2ccc(C(=O)O)cc2O)c1C(=O)O)Nc1nc(-c2ccc(Cl)cc2)cs1. The molecular formula is C25H19ClN4O8S2. The molecule has 0 aliphatic carbocycles. The molecule has 0 saturated carbocycles. The van der Waals surface area contributed by atoms with Gasteiger partial charge in [0.1, 0.15) is 16.2 Å². The molecule has 15 heteroatoms. The number of benzene rings is 3. The third kappa shape index (κ3) is 6.48. The number of nitrogens with zero attached hydrogens (tertiary/aromatic N) is 1. The summed E-state index contributed by atoms with van der Waals surface area (Å²) in [6.07, 6.45) is 0. The molecule has 4 rings (SSSR count). The Labute approximate surface area is 236 Å². The van der Waals surface area contributed by atoms with E-state index in [2.05, 4.69) is 20.3 Å². The summed E-state index contributed by atoms with van der Waals surface area (Å²) in [5.41, 5.74) is -0.0356. The summed E-state index contributed by atoms with van der Waals surface area (Å²) in [6, 6.07) is 13.5. The van der Waals surface area contributed by atoms with E-state index in [0.717, 1.165) is 29.8 Å². The smallest absolute Gasteiger partial charge is 0.339 e. The van der Waals surface area contributed by atoms with E-state index >= 15 is 0 Å². The Bertz CT molecular complexity index is 1720. The van der Waals surface area contributed by atoms with E-state index in [1.165, 1.54) is 23.5 Å². The predicted octanol–water partition coefficient (Wildman–Crippen LogP) is 4.42. The van der Waals surface area contributed by atoms with E-state index in [0.29, 0.717) is 15.8 Å². The fourth-order valence-corrected chi connectivity index (χ4v) is 5.65. The van der Waals surface area contributed by atoms with Crippen LogP contribution < -0.4 is 15.4 Å². The van der Waals surface area contributed by atoms with E-state index in [-0.39, 0.29) is 16.9 Å². The monoisotopic (exact) mass is 602 g/mol. The lowest BCUT2D eigenvalue weighted by Crippen LogP contribution is -2.24. The number of phenolic OH excluding ortho intramolecular Hbond substituents is 1. The summed E-state index contributed by atoms with van der Waals surface area (Å²) in [6.45, 7) is -0.412. The molecule has 0 fully saturated rings. The quantitative estimate of drug-likeness (QED) is 0.141. The highest BCUT2D eigenvalue weighted by Crippen LogP contribution is 2.30. The van der Waals surface area contributed by atoms with Crippen molar-refractivity contribution in [2.24, 2.45) is 0 Å². The molecule has 1 amide bonds. The van der Waals surface area contributed by atoms with Crippen LogP contribution in [0.15, 0.2) is 70.9 Å². The number of sulfonamides is 1. The lowest BCUT2D eigenvalue weighted by Gasteiger charge is -2.15. The lowest BCUT2D eigenvalue weighted by molar-refractivity contribution is -0.114. The number of rotatable bonds is 10. The lowest BCUT2D eigenvalue weighted by atomic mass is 10.1. The Morgan fingerprint density at radius 3 is 2.33 bits per heavy atom. The molecule has 0 unspecified atom stereocenters. The first kappa shape index (κ1) is 28.4. The van der Waals surface area contributed by atoms with Gasteiger partial charge < -0.3 is 26.0 Å². The summed E-state index contributed by atoms with van der Waals surface area (Å²) in [5, 5.41) is 36.7. The zero-order valence-electron chi connectivity index (χ0n) is 20.1. The van der Waals surface area contributed by atoms with E-state index < -0.39 is 50.6 Å². The van der Waals surface area contributed by atoms with E-state index in [1.807, 2.05) is 0 Å². The molecule has 40 heavy (non-hydrogen) atoms. The van der Waals surface area contributed by atoms with Gasteiger partial charge in [-0.1, -0.05) is 29.8 Å². The van der Waals surface area contributed by atoms with Crippen LogP contribution in [-0.4, -0.2) is 53.1 Å². The number of anilines is 3. The number of carboxylic acids is 2. The molecule has 1 aromatic heterocycles. The zero-order chi connectivity index (χ0) is 29.0. The first-order chi connectivity index (χ1) is 18.9. The van der Waals surface area contributed by atoms with Gasteiger partial charge in [-0.15, -0.1) is 11.3 Å². The van der Waals surface area contributed by atoms with Crippen LogP contribution in [0.1, 0.15) is 20.7 Å². The van der Waals surface area contributed by atoms with Gasteiger partial charge in [0.05, 0.1) is 29.2 Å². The molecule has 0 spiro atoms. The van der Waals surface area contributed by atoms with Crippen molar-refractivity contribution in [2.45, 2.75) is 4.90 Å². The standard InChI is InChI=1S/C25H19ClN4O8S2/c26-15-7-4-13(5-8-15)18-12-39-25(28-18)29-21(32)11-27-17-2-1-3-20(22(17)24(35)36)40(37,38)30-16-9-6-14(23(33)34)10-19(16)31/h1-10,12,27,30-31H,11H2,(H,33,34)(H,35,36)(H,28,29,32). The molecule has 6 N–H and O–H groups in total. The highest BCUT2D eigenvalue weighted by atomic mass is 35.5. The number of carboxylic acid groups (broad SMARTS) is 2. The van der Waals surface area contributed by atoms with Crippen LogP contribution in [0, 0.1) is 0 Å². The third-order valence-electron chi connectivity index (χ3n) is 5.35. The Morgan fingerprint density at radius 2 is 1.68 bits per heavy atom. The Kier molecular flexibility index (Phi) is 8.23. The molecule has 0 bridgehead atoms. The number of halogens is 1. The Hall–Kier alpha value is -4.66. The van der Waals surface area contributed by atoms with Crippen LogP contribution in [0.25, 0.3) is 11.3 Å². The van der Waals surface area contributed by atoms with Gasteiger partial charge in [0.15, 0.2) is 5.13 Å². The largest absolute Gasteiger partial charge is 0.506 e. The Morgan fingerprint density at radius 1 is 0.950 bits per heavy atom. The van der Waals surface area contributed by atoms with Crippen LogP contribution in [0.5, 0.6) is 5.75 Å². The predicted molar refractivity (Wildman–Crippen MR) is 149 cm³/mol. The van der Waals surface area contributed by atoms with Crippen molar-refractivity contribution in [2.75, 3.05) is 21.9 Å². The van der Waals surface area contributed by atoms with Gasteiger partial charge >= 0.3 is 11.9 Å². The molecular weight excluding hydrogens is 584 g/mol. The second-order valence-corrected chi connectivity index (χ2v) is 11.0. The van der Waals surface area contributed by atoms with Crippen molar-refractivity contribution in [3.63, 3.8) is 0 Å². The number of phenols is 1. The van der Waals surface area contributed by atoms with Crippen LogP contribution in [-0.2, 0) is 14.8 Å².